The Morgan fingerprint density at radius 3 is 2.45 bits per heavy atom. The molecule has 1 amide bonds. The number of fused-ring (bicyclic) bond motifs is 1. The van der Waals surface area contributed by atoms with Crippen LogP contribution in [-0.2, 0) is 7.05 Å². The first-order chi connectivity index (χ1) is 14.7. The lowest BCUT2D eigenvalue weighted by atomic mass is 9.99. The molecule has 4 aromatic rings. The van der Waals surface area contributed by atoms with Gasteiger partial charge in [0.15, 0.2) is 0 Å². The van der Waals surface area contributed by atoms with E-state index in [0.29, 0.717) is 21.8 Å². The number of hydrogen-bond acceptors (Lipinski definition) is 3. The van der Waals surface area contributed by atoms with Crippen molar-refractivity contribution in [1.82, 2.24) is 9.55 Å². The molecule has 0 spiro atoms. The maximum Gasteiger partial charge on any atom is 0.258 e. The molecule has 0 fully saturated rings. The largest absolute Gasteiger partial charge is 0.322 e. The Morgan fingerprint density at radius 2 is 1.71 bits per heavy atom. The Balaban J connectivity index is 1.75. The van der Waals surface area contributed by atoms with E-state index in [-0.39, 0.29) is 11.5 Å². The molecule has 5 nitrogen and oxygen atoms in total. The fraction of sp³-hybridized carbons (Fsp3) is 0.160. The molecule has 0 aliphatic heterocycles. The number of carbonyl (C=O) groups excluding carboxylic acids is 1. The van der Waals surface area contributed by atoms with E-state index in [1.54, 1.807) is 29.9 Å². The Hall–Kier alpha value is -3.44. The SMILES string of the molecule is Cc1cc2c(cn1)cc(-c1cc(NC(=O)c3ccc(C)c(Cl)c3)ccc1C)c(=O)n2C. The molecule has 0 bridgehead atoms. The summed E-state index contributed by atoms with van der Waals surface area (Å²) >= 11 is 6.15. The smallest absolute Gasteiger partial charge is 0.258 e. The quantitative estimate of drug-likeness (QED) is 0.470. The molecule has 0 aliphatic rings. The van der Waals surface area contributed by atoms with Crippen molar-refractivity contribution in [3.8, 4) is 11.1 Å². The van der Waals surface area contributed by atoms with Crippen molar-refractivity contribution in [3.63, 3.8) is 0 Å². The minimum Gasteiger partial charge on any atom is -0.322 e. The highest BCUT2D eigenvalue weighted by molar-refractivity contribution is 6.31. The van der Waals surface area contributed by atoms with Gasteiger partial charge >= 0.3 is 0 Å². The molecular weight excluding hydrogens is 410 g/mol. The van der Waals surface area contributed by atoms with E-state index in [1.165, 1.54) is 0 Å². The van der Waals surface area contributed by atoms with Crippen molar-refractivity contribution in [2.24, 2.45) is 7.05 Å². The van der Waals surface area contributed by atoms with Crippen molar-refractivity contribution >= 4 is 34.1 Å². The summed E-state index contributed by atoms with van der Waals surface area (Å²) in [4.78, 5) is 30.2. The summed E-state index contributed by atoms with van der Waals surface area (Å²) in [6, 6.07) is 14.5. The fourth-order valence-corrected chi connectivity index (χ4v) is 3.77. The standard InChI is InChI=1S/C25H22ClN3O2/c1-14-6-8-19(28-24(30)17-7-5-15(2)22(26)11-17)12-20(14)21-10-18-13-27-16(3)9-23(18)29(4)25(21)31/h5-13H,1-4H3,(H,28,30). The number of nitrogens with zero attached hydrogens (tertiary/aromatic N) is 2. The molecule has 0 unspecified atom stereocenters. The molecule has 2 aromatic heterocycles. The second-order valence-corrected chi connectivity index (χ2v) is 8.16. The van der Waals surface area contributed by atoms with E-state index in [4.69, 9.17) is 11.6 Å². The Morgan fingerprint density at radius 1 is 0.968 bits per heavy atom. The van der Waals surface area contributed by atoms with Gasteiger partial charge in [0.1, 0.15) is 0 Å². The van der Waals surface area contributed by atoms with Gasteiger partial charge in [-0.1, -0.05) is 23.7 Å². The maximum atomic E-state index is 13.1. The van der Waals surface area contributed by atoms with Gasteiger partial charge in [0.25, 0.3) is 11.5 Å². The van der Waals surface area contributed by atoms with E-state index in [0.717, 1.165) is 33.3 Å². The van der Waals surface area contributed by atoms with Gasteiger partial charge in [-0.05, 0) is 73.9 Å². The lowest BCUT2D eigenvalue weighted by Gasteiger charge is -2.13. The zero-order chi connectivity index (χ0) is 22.3. The number of rotatable bonds is 3. The fourth-order valence-electron chi connectivity index (χ4n) is 3.59. The van der Waals surface area contributed by atoms with Gasteiger partial charge in [0.05, 0.1) is 5.52 Å². The zero-order valence-corrected chi connectivity index (χ0v) is 18.5. The van der Waals surface area contributed by atoms with Crippen molar-refractivity contribution < 1.29 is 4.79 Å². The number of anilines is 1. The molecule has 2 aromatic carbocycles. The monoisotopic (exact) mass is 431 g/mol. The van der Waals surface area contributed by atoms with E-state index in [1.807, 2.05) is 57.2 Å². The average Bonchev–Trinajstić information content (AvgIpc) is 2.74. The average molecular weight is 432 g/mol. The minimum absolute atomic E-state index is 0.102. The topological polar surface area (TPSA) is 64.0 Å². The van der Waals surface area contributed by atoms with Gasteiger partial charge in [0, 0.05) is 46.2 Å². The first-order valence-corrected chi connectivity index (χ1v) is 10.3. The Kier molecular flexibility index (Phi) is 5.38. The number of amides is 1. The predicted molar refractivity (Wildman–Crippen MR) is 126 cm³/mol. The molecular formula is C25H22ClN3O2. The van der Waals surface area contributed by atoms with Crippen LogP contribution in [0, 0.1) is 20.8 Å². The molecule has 2 heterocycles. The predicted octanol–water partition coefficient (Wildman–Crippen LogP) is 5.43. The third-order valence-electron chi connectivity index (χ3n) is 5.46. The second-order valence-electron chi connectivity index (χ2n) is 7.75. The summed E-state index contributed by atoms with van der Waals surface area (Å²) in [6.07, 6.45) is 1.77. The van der Waals surface area contributed by atoms with Crippen LogP contribution < -0.4 is 10.9 Å². The van der Waals surface area contributed by atoms with Crippen LogP contribution in [0.5, 0.6) is 0 Å². The van der Waals surface area contributed by atoms with E-state index >= 15 is 0 Å². The highest BCUT2D eigenvalue weighted by atomic mass is 35.5. The molecule has 6 heteroatoms. The first kappa shape index (κ1) is 20.8. The molecule has 0 aliphatic carbocycles. The number of aryl methyl sites for hydroxylation is 4. The maximum absolute atomic E-state index is 13.1. The summed E-state index contributed by atoms with van der Waals surface area (Å²) in [5.41, 5.74) is 5.84. The van der Waals surface area contributed by atoms with Crippen molar-refractivity contribution in [3.05, 3.63) is 92.5 Å². The van der Waals surface area contributed by atoms with Crippen LogP contribution in [0.1, 0.15) is 27.2 Å². The zero-order valence-electron chi connectivity index (χ0n) is 17.8. The number of benzene rings is 2. The highest BCUT2D eigenvalue weighted by Crippen LogP contribution is 2.27. The summed E-state index contributed by atoms with van der Waals surface area (Å²) < 4.78 is 1.64. The number of aromatic nitrogens is 2. The summed E-state index contributed by atoms with van der Waals surface area (Å²) in [7, 11) is 1.76. The highest BCUT2D eigenvalue weighted by Gasteiger charge is 2.14. The molecule has 0 radical (unpaired) electrons. The van der Waals surface area contributed by atoms with Crippen LogP contribution in [0.3, 0.4) is 0 Å². The summed E-state index contributed by atoms with van der Waals surface area (Å²) in [5, 5.41) is 4.32. The van der Waals surface area contributed by atoms with Gasteiger partial charge in [0.2, 0.25) is 0 Å². The number of nitrogens with one attached hydrogen (secondary N) is 1. The van der Waals surface area contributed by atoms with Crippen LogP contribution in [0.15, 0.2) is 59.5 Å². The van der Waals surface area contributed by atoms with E-state index in [2.05, 4.69) is 10.3 Å². The van der Waals surface area contributed by atoms with Gasteiger partial charge in [-0.15, -0.1) is 0 Å². The van der Waals surface area contributed by atoms with Gasteiger partial charge < -0.3 is 9.88 Å². The molecule has 31 heavy (non-hydrogen) atoms. The van der Waals surface area contributed by atoms with E-state index < -0.39 is 0 Å². The molecule has 0 saturated heterocycles. The van der Waals surface area contributed by atoms with Crippen LogP contribution >= 0.6 is 11.6 Å². The molecule has 0 atom stereocenters. The minimum atomic E-state index is -0.261. The molecule has 0 saturated carbocycles. The normalized spacial score (nSPS) is 11.0. The van der Waals surface area contributed by atoms with Crippen molar-refractivity contribution in [2.75, 3.05) is 5.32 Å². The van der Waals surface area contributed by atoms with Gasteiger partial charge in [-0.25, -0.2) is 0 Å². The number of halogens is 1. The molecule has 4 rings (SSSR count). The summed E-state index contributed by atoms with van der Waals surface area (Å²) in [5.74, 6) is -0.261. The number of pyridine rings is 2. The summed E-state index contributed by atoms with van der Waals surface area (Å²) in [6.45, 7) is 5.73. The van der Waals surface area contributed by atoms with Crippen LogP contribution in [0.2, 0.25) is 5.02 Å². The lowest BCUT2D eigenvalue weighted by Crippen LogP contribution is -2.19. The van der Waals surface area contributed by atoms with Crippen LogP contribution in [0.25, 0.3) is 22.0 Å². The number of carbonyl (C=O) groups is 1. The Bertz CT molecular complexity index is 1410. The lowest BCUT2D eigenvalue weighted by molar-refractivity contribution is 0.102. The van der Waals surface area contributed by atoms with Gasteiger partial charge in [-0.2, -0.15) is 0 Å². The third-order valence-corrected chi connectivity index (χ3v) is 5.87. The van der Waals surface area contributed by atoms with Crippen molar-refractivity contribution in [2.45, 2.75) is 20.8 Å². The van der Waals surface area contributed by atoms with E-state index in [9.17, 15) is 9.59 Å². The number of hydrogen-bond donors (Lipinski definition) is 1. The second kappa shape index (κ2) is 8.00. The molecule has 1 N–H and O–H groups in total. The van der Waals surface area contributed by atoms with Crippen molar-refractivity contribution in [1.29, 1.82) is 0 Å². The molecule has 156 valence electrons. The third kappa shape index (κ3) is 3.97. The Labute approximate surface area is 185 Å². The first-order valence-electron chi connectivity index (χ1n) is 9.89. The van der Waals surface area contributed by atoms with Gasteiger partial charge in [-0.3, -0.25) is 14.6 Å². The van der Waals surface area contributed by atoms with Crippen LogP contribution in [-0.4, -0.2) is 15.5 Å². The van der Waals surface area contributed by atoms with Crippen LogP contribution in [0.4, 0.5) is 5.69 Å².